The summed E-state index contributed by atoms with van der Waals surface area (Å²) in [6.45, 7) is 3.26. The third-order valence-electron chi connectivity index (χ3n) is 4.59. The predicted molar refractivity (Wildman–Crippen MR) is 73.9 cm³/mol. The second kappa shape index (κ2) is 5.30. The molecule has 0 bridgehead atoms. The highest BCUT2D eigenvalue weighted by molar-refractivity contribution is 5.95. The highest BCUT2D eigenvalue weighted by Crippen LogP contribution is 2.38. The maximum Gasteiger partial charge on any atom is 0.250 e. The van der Waals surface area contributed by atoms with Crippen molar-refractivity contribution in [3.8, 4) is 0 Å². The Morgan fingerprint density at radius 3 is 2.75 bits per heavy atom. The molecule has 0 saturated carbocycles. The second-order valence-electron chi connectivity index (χ2n) is 6.00. The molecule has 20 heavy (non-hydrogen) atoms. The van der Waals surface area contributed by atoms with Gasteiger partial charge in [-0.05, 0) is 38.0 Å². The summed E-state index contributed by atoms with van der Waals surface area (Å²) in [6, 6.07) is 0. The molecular weight excluding hydrogens is 259 g/mol. The summed E-state index contributed by atoms with van der Waals surface area (Å²) in [7, 11) is 2.05. The molecule has 0 radical (unpaired) electrons. The fourth-order valence-corrected chi connectivity index (χ4v) is 3.21. The van der Waals surface area contributed by atoms with Gasteiger partial charge in [0.1, 0.15) is 12.3 Å². The van der Waals surface area contributed by atoms with Crippen LogP contribution >= 0.6 is 0 Å². The maximum atomic E-state index is 13.5. The lowest BCUT2D eigenvalue weighted by Gasteiger charge is -2.32. The molecule has 4 nitrogen and oxygen atoms in total. The van der Waals surface area contributed by atoms with E-state index in [1.807, 2.05) is 4.90 Å². The molecule has 1 saturated heterocycles. The number of carbonyl (C=O) groups excluding carboxylic acids is 1. The van der Waals surface area contributed by atoms with Crippen molar-refractivity contribution in [3.05, 3.63) is 22.8 Å². The van der Waals surface area contributed by atoms with E-state index >= 15 is 0 Å². The molecule has 3 aliphatic rings. The van der Waals surface area contributed by atoms with Crippen molar-refractivity contribution in [2.24, 2.45) is 0 Å². The van der Waals surface area contributed by atoms with E-state index in [2.05, 4.69) is 11.9 Å². The topological polar surface area (TPSA) is 43.8 Å². The number of halogens is 1. The molecule has 5 heteroatoms. The van der Waals surface area contributed by atoms with Crippen LogP contribution in [-0.2, 0) is 4.79 Å². The number of likely N-dealkylation sites (N-methyl/N-ethyl adjacent to an activating group) is 1. The predicted octanol–water partition coefficient (Wildman–Crippen LogP) is 0.880. The summed E-state index contributed by atoms with van der Waals surface area (Å²) in [5.74, 6) is 0.0510. The van der Waals surface area contributed by atoms with Gasteiger partial charge in [0, 0.05) is 31.8 Å². The fourth-order valence-electron chi connectivity index (χ4n) is 3.21. The van der Waals surface area contributed by atoms with Crippen LogP contribution in [-0.4, -0.2) is 66.3 Å². The zero-order valence-electron chi connectivity index (χ0n) is 11.8. The number of aliphatic hydroxyl groups excluding tert-OH is 1. The average Bonchev–Trinajstić information content (AvgIpc) is 2.88. The minimum Gasteiger partial charge on any atom is -0.385 e. The molecule has 2 atom stereocenters. The summed E-state index contributed by atoms with van der Waals surface area (Å²) >= 11 is 0. The Kier molecular flexibility index (Phi) is 3.65. The minimum atomic E-state index is -1.19. The molecule has 3 rings (SSSR count). The van der Waals surface area contributed by atoms with Gasteiger partial charge in [-0.1, -0.05) is 5.57 Å². The molecular formula is C15H21FN2O2. The van der Waals surface area contributed by atoms with E-state index in [-0.39, 0.29) is 5.91 Å². The Morgan fingerprint density at radius 2 is 2.05 bits per heavy atom. The summed E-state index contributed by atoms with van der Waals surface area (Å²) in [4.78, 5) is 16.5. The van der Waals surface area contributed by atoms with E-state index in [1.54, 1.807) is 6.08 Å². The van der Waals surface area contributed by atoms with E-state index in [1.165, 1.54) is 0 Å². The number of rotatable bonds is 1. The lowest BCUT2D eigenvalue weighted by molar-refractivity contribution is -0.128. The van der Waals surface area contributed by atoms with Gasteiger partial charge in [0.2, 0.25) is 5.91 Å². The van der Waals surface area contributed by atoms with Gasteiger partial charge in [0.25, 0.3) is 0 Å². The molecule has 0 spiro atoms. The zero-order chi connectivity index (χ0) is 14.3. The van der Waals surface area contributed by atoms with Crippen LogP contribution in [0.2, 0.25) is 0 Å². The van der Waals surface area contributed by atoms with E-state index in [9.17, 15) is 14.3 Å². The molecule has 0 aromatic rings. The minimum absolute atomic E-state index is 0.0510. The Balaban J connectivity index is 1.70. The molecule has 110 valence electrons. The molecule has 2 unspecified atom stereocenters. The molecule has 1 N–H and O–H groups in total. The summed E-state index contributed by atoms with van der Waals surface area (Å²) in [5.41, 5.74) is 2.41. The van der Waals surface area contributed by atoms with Crippen molar-refractivity contribution >= 4 is 5.91 Å². The third-order valence-corrected chi connectivity index (χ3v) is 4.59. The molecule has 0 aromatic heterocycles. The third kappa shape index (κ3) is 2.40. The first-order valence-corrected chi connectivity index (χ1v) is 7.28. The van der Waals surface area contributed by atoms with E-state index < -0.39 is 12.3 Å². The smallest absolute Gasteiger partial charge is 0.250 e. The van der Waals surface area contributed by atoms with Crippen molar-refractivity contribution in [1.29, 1.82) is 0 Å². The number of nitrogens with zero attached hydrogens (tertiary/aromatic N) is 2. The number of piperazine rings is 1. The lowest BCUT2D eigenvalue weighted by Crippen LogP contribution is -2.47. The first-order valence-electron chi connectivity index (χ1n) is 7.28. The number of hydrogen-bond acceptors (Lipinski definition) is 3. The van der Waals surface area contributed by atoms with Crippen LogP contribution in [0.15, 0.2) is 22.8 Å². The molecule has 1 heterocycles. The lowest BCUT2D eigenvalue weighted by atomic mass is 9.90. The van der Waals surface area contributed by atoms with Gasteiger partial charge in [-0.3, -0.25) is 4.79 Å². The summed E-state index contributed by atoms with van der Waals surface area (Å²) in [6.07, 6.45) is 1.10. The van der Waals surface area contributed by atoms with Crippen molar-refractivity contribution < 1.29 is 14.3 Å². The molecule has 1 aliphatic heterocycles. The van der Waals surface area contributed by atoms with Crippen LogP contribution in [0.4, 0.5) is 4.39 Å². The van der Waals surface area contributed by atoms with Crippen molar-refractivity contribution in [1.82, 2.24) is 9.80 Å². The van der Waals surface area contributed by atoms with Crippen LogP contribution < -0.4 is 0 Å². The van der Waals surface area contributed by atoms with Crippen LogP contribution in [0, 0.1) is 0 Å². The first kappa shape index (κ1) is 13.8. The number of hydrogen-bond donors (Lipinski definition) is 1. The van der Waals surface area contributed by atoms with Gasteiger partial charge in [-0.25, -0.2) is 4.39 Å². The van der Waals surface area contributed by atoms with Crippen molar-refractivity contribution in [2.75, 3.05) is 33.2 Å². The van der Waals surface area contributed by atoms with E-state index in [0.717, 1.165) is 31.8 Å². The van der Waals surface area contributed by atoms with Crippen molar-refractivity contribution in [2.45, 2.75) is 31.5 Å². The number of carbonyl (C=O) groups is 1. The molecule has 2 aliphatic carbocycles. The first-order chi connectivity index (χ1) is 9.56. The van der Waals surface area contributed by atoms with Crippen LogP contribution in [0.1, 0.15) is 19.3 Å². The van der Waals surface area contributed by atoms with Gasteiger partial charge in [0.15, 0.2) is 0 Å². The fraction of sp³-hybridized carbons (Fsp3) is 0.667. The van der Waals surface area contributed by atoms with Gasteiger partial charge < -0.3 is 14.9 Å². The zero-order valence-corrected chi connectivity index (χ0v) is 11.8. The highest BCUT2D eigenvalue weighted by atomic mass is 19.1. The Bertz CT molecular complexity index is 478. The number of aliphatic hydroxyl groups is 1. The number of amides is 1. The largest absolute Gasteiger partial charge is 0.385 e. The van der Waals surface area contributed by atoms with Gasteiger partial charge in [0.05, 0.1) is 0 Å². The standard InChI is InChI=1S/C15H21FN2O2/c1-17-4-6-18(7-5-17)15(20)11-8-10-2-3-13(16)14(19)12(10)9-11/h9,13-14,19H,2-8H2,1H3. The maximum absolute atomic E-state index is 13.5. The number of allylic oxidation sites excluding steroid dienone is 1. The Labute approximate surface area is 118 Å². The van der Waals surface area contributed by atoms with Gasteiger partial charge >= 0.3 is 0 Å². The van der Waals surface area contributed by atoms with Crippen molar-refractivity contribution in [3.63, 3.8) is 0 Å². The Morgan fingerprint density at radius 1 is 1.35 bits per heavy atom. The Hall–Kier alpha value is -1.20. The van der Waals surface area contributed by atoms with E-state index in [0.29, 0.717) is 30.4 Å². The van der Waals surface area contributed by atoms with Crippen LogP contribution in [0.25, 0.3) is 0 Å². The second-order valence-corrected chi connectivity index (χ2v) is 6.00. The van der Waals surface area contributed by atoms with Crippen LogP contribution in [0.5, 0.6) is 0 Å². The van der Waals surface area contributed by atoms with Crippen LogP contribution in [0.3, 0.4) is 0 Å². The number of alkyl halides is 1. The quantitative estimate of drug-likeness (QED) is 0.775. The average molecular weight is 280 g/mol. The summed E-state index contributed by atoms with van der Waals surface area (Å²) in [5, 5.41) is 9.88. The molecule has 1 amide bonds. The SMILES string of the molecule is CN1CCN(C(=O)C2=CC3=C(CCC(F)C3O)C2)CC1. The molecule has 0 aromatic carbocycles. The van der Waals surface area contributed by atoms with Gasteiger partial charge in [-0.15, -0.1) is 0 Å². The van der Waals surface area contributed by atoms with Gasteiger partial charge in [-0.2, -0.15) is 0 Å². The normalized spacial score (nSPS) is 31.4. The highest BCUT2D eigenvalue weighted by Gasteiger charge is 2.34. The van der Waals surface area contributed by atoms with E-state index in [4.69, 9.17) is 0 Å². The summed E-state index contributed by atoms with van der Waals surface area (Å²) < 4.78 is 13.5. The molecule has 1 fully saturated rings. The monoisotopic (exact) mass is 280 g/mol.